The molecule has 3 aromatic rings. The maximum Gasteiger partial charge on any atom is 0.223 e. The number of oxazole rings is 1. The van der Waals surface area contributed by atoms with Crippen molar-refractivity contribution in [1.82, 2.24) is 9.88 Å². The van der Waals surface area contributed by atoms with Crippen LogP contribution >= 0.6 is 0 Å². The van der Waals surface area contributed by atoms with Crippen LogP contribution in [0.3, 0.4) is 0 Å². The molecule has 2 aromatic carbocycles. The molecule has 0 spiro atoms. The van der Waals surface area contributed by atoms with Crippen LogP contribution in [0, 0.1) is 13.8 Å². The van der Waals surface area contributed by atoms with E-state index in [1.165, 1.54) is 11.1 Å². The minimum Gasteiger partial charge on any atom is -0.496 e. The van der Waals surface area contributed by atoms with Crippen LogP contribution in [0.1, 0.15) is 35.4 Å². The van der Waals surface area contributed by atoms with Gasteiger partial charge < -0.3 is 23.5 Å². The number of benzene rings is 2. The van der Waals surface area contributed by atoms with Gasteiger partial charge in [-0.1, -0.05) is 18.2 Å². The molecule has 7 heteroatoms. The normalized spacial score (nSPS) is 13.4. The average Bonchev–Trinajstić information content (AvgIpc) is 3.37. The highest BCUT2D eigenvalue weighted by Crippen LogP contribution is 2.40. The van der Waals surface area contributed by atoms with E-state index in [0.29, 0.717) is 55.5 Å². The first kappa shape index (κ1) is 24.4. The van der Waals surface area contributed by atoms with Gasteiger partial charge in [0.25, 0.3) is 0 Å². The monoisotopic (exact) mass is 476 g/mol. The summed E-state index contributed by atoms with van der Waals surface area (Å²) in [6.07, 6.45) is 5.33. The van der Waals surface area contributed by atoms with Crippen molar-refractivity contribution < 1.29 is 23.4 Å². The van der Waals surface area contributed by atoms with Gasteiger partial charge in [-0.05, 0) is 43.0 Å². The lowest BCUT2D eigenvalue weighted by molar-refractivity contribution is -0.130. The number of aromatic nitrogens is 1. The highest BCUT2D eigenvalue weighted by atomic mass is 16.5. The Morgan fingerprint density at radius 1 is 1.03 bits per heavy atom. The van der Waals surface area contributed by atoms with Crippen LogP contribution in [-0.2, 0) is 11.2 Å². The quantitative estimate of drug-likeness (QED) is 0.443. The van der Waals surface area contributed by atoms with Crippen LogP contribution in [0.25, 0.3) is 16.9 Å². The summed E-state index contributed by atoms with van der Waals surface area (Å²) >= 11 is 0. The molecule has 0 aliphatic carbocycles. The minimum absolute atomic E-state index is 0.0832. The maximum absolute atomic E-state index is 12.9. The third kappa shape index (κ3) is 5.34. The molecule has 1 aromatic heterocycles. The summed E-state index contributed by atoms with van der Waals surface area (Å²) in [5.74, 6) is 3.44. The molecule has 0 saturated heterocycles. The van der Waals surface area contributed by atoms with Crippen molar-refractivity contribution in [1.29, 1.82) is 0 Å². The third-order valence-electron chi connectivity index (χ3n) is 6.50. The second kappa shape index (κ2) is 10.7. The lowest BCUT2D eigenvalue weighted by Crippen LogP contribution is -2.34. The molecule has 35 heavy (non-hydrogen) atoms. The van der Waals surface area contributed by atoms with Crippen molar-refractivity contribution in [2.45, 2.75) is 33.1 Å². The van der Waals surface area contributed by atoms with Gasteiger partial charge in [0.2, 0.25) is 5.91 Å². The summed E-state index contributed by atoms with van der Waals surface area (Å²) in [4.78, 5) is 19.1. The lowest BCUT2D eigenvalue weighted by atomic mass is 9.97. The second-order valence-electron chi connectivity index (χ2n) is 8.64. The van der Waals surface area contributed by atoms with E-state index in [-0.39, 0.29) is 5.91 Å². The fourth-order valence-electron chi connectivity index (χ4n) is 4.27. The van der Waals surface area contributed by atoms with Crippen molar-refractivity contribution in [2.75, 3.05) is 34.4 Å². The molecule has 2 heterocycles. The first-order chi connectivity index (χ1) is 16.9. The summed E-state index contributed by atoms with van der Waals surface area (Å²) in [6, 6.07) is 9.89. The van der Waals surface area contributed by atoms with E-state index in [1.807, 2.05) is 23.1 Å². The van der Waals surface area contributed by atoms with Gasteiger partial charge in [0.1, 0.15) is 17.2 Å². The van der Waals surface area contributed by atoms with Crippen LogP contribution in [0.15, 0.2) is 47.0 Å². The zero-order valence-corrected chi connectivity index (χ0v) is 21.0. The number of amides is 1. The standard InChI is InChI=1S/C28H32N2O5/c1-18-6-7-21(14-19(18)2)25-17-29-26(35-25)8-9-27(31)30-12-10-20(11-13-30)28-23(33-4)15-22(32-3)16-24(28)34-5/h6-7,10,14-17H,8-9,11-13H2,1-5H3. The number of methoxy groups -OCH3 is 3. The number of aryl methyl sites for hydroxylation is 3. The van der Waals surface area contributed by atoms with Crippen LogP contribution in [0.5, 0.6) is 17.2 Å². The first-order valence-corrected chi connectivity index (χ1v) is 11.7. The Hall–Kier alpha value is -3.74. The molecule has 7 nitrogen and oxygen atoms in total. The molecule has 0 fully saturated rings. The lowest BCUT2D eigenvalue weighted by Gasteiger charge is -2.28. The van der Waals surface area contributed by atoms with Gasteiger partial charge in [0, 0.05) is 43.6 Å². The molecular formula is C28H32N2O5. The van der Waals surface area contributed by atoms with Gasteiger partial charge in [-0.25, -0.2) is 4.98 Å². The van der Waals surface area contributed by atoms with Gasteiger partial charge in [-0.3, -0.25) is 4.79 Å². The Bertz CT molecular complexity index is 1220. The SMILES string of the molecule is COc1cc(OC)c(C2=CCN(C(=O)CCc3ncc(-c4ccc(C)c(C)c4)o3)CC2)c(OC)c1. The number of carbonyl (C=O) groups is 1. The van der Waals surface area contributed by atoms with E-state index in [9.17, 15) is 4.79 Å². The average molecular weight is 477 g/mol. The van der Waals surface area contributed by atoms with E-state index < -0.39 is 0 Å². The van der Waals surface area contributed by atoms with Gasteiger partial charge in [-0.2, -0.15) is 0 Å². The van der Waals surface area contributed by atoms with Crippen molar-refractivity contribution in [3.05, 3.63) is 65.2 Å². The molecule has 1 amide bonds. The van der Waals surface area contributed by atoms with E-state index >= 15 is 0 Å². The number of ether oxygens (including phenoxy) is 3. The molecule has 1 aliphatic rings. The molecular weight excluding hydrogens is 444 g/mol. The summed E-state index contributed by atoms with van der Waals surface area (Å²) in [6.45, 7) is 5.32. The Balaban J connectivity index is 1.39. The molecule has 0 N–H and O–H groups in total. The first-order valence-electron chi connectivity index (χ1n) is 11.7. The van der Waals surface area contributed by atoms with E-state index in [1.54, 1.807) is 27.5 Å². The number of rotatable bonds is 8. The Labute approximate surface area is 206 Å². The van der Waals surface area contributed by atoms with Gasteiger partial charge in [-0.15, -0.1) is 0 Å². The van der Waals surface area contributed by atoms with Crippen LogP contribution in [0.4, 0.5) is 0 Å². The van der Waals surface area contributed by atoms with Crippen molar-refractivity contribution >= 4 is 11.5 Å². The van der Waals surface area contributed by atoms with E-state index in [2.05, 4.69) is 37.0 Å². The second-order valence-corrected chi connectivity index (χ2v) is 8.64. The summed E-state index contributed by atoms with van der Waals surface area (Å²) in [5, 5.41) is 0. The van der Waals surface area contributed by atoms with Crippen LogP contribution in [0.2, 0.25) is 0 Å². The molecule has 0 unspecified atom stereocenters. The highest BCUT2D eigenvalue weighted by molar-refractivity contribution is 5.81. The maximum atomic E-state index is 12.9. The molecule has 184 valence electrons. The molecule has 0 saturated carbocycles. The molecule has 0 atom stereocenters. The van der Waals surface area contributed by atoms with Crippen molar-refractivity contribution in [3.63, 3.8) is 0 Å². The predicted molar refractivity (Wildman–Crippen MR) is 135 cm³/mol. The van der Waals surface area contributed by atoms with Crippen molar-refractivity contribution in [3.8, 4) is 28.6 Å². The Morgan fingerprint density at radius 3 is 2.37 bits per heavy atom. The van der Waals surface area contributed by atoms with Crippen LogP contribution < -0.4 is 14.2 Å². The highest BCUT2D eigenvalue weighted by Gasteiger charge is 2.23. The smallest absolute Gasteiger partial charge is 0.223 e. The zero-order valence-electron chi connectivity index (χ0n) is 21.0. The largest absolute Gasteiger partial charge is 0.496 e. The zero-order chi connectivity index (χ0) is 24.9. The molecule has 4 rings (SSSR count). The number of hydrogen-bond acceptors (Lipinski definition) is 6. The van der Waals surface area contributed by atoms with Gasteiger partial charge >= 0.3 is 0 Å². The van der Waals surface area contributed by atoms with Gasteiger partial charge in [0.15, 0.2) is 11.7 Å². The number of carbonyl (C=O) groups excluding carboxylic acids is 1. The summed E-state index contributed by atoms with van der Waals surface area (Å²) in [7, 11) is 4.87. The fraction of sp³-hybridized carbons (Fsp3) is 0.357. The molecule has 0 bridgehead atoms. The predicted octanol–water partition coefficient (Wildman–Crippen LogP) is 5.23. The summed E-state index contributed by atoms with van der Waals surface area (Å²) < 4.78 is 22.4. The molecule has 0 radical (unpaired) electrons. The van der Waals surface area contributed by atoms with E-state index in [4.69, 9.17) is 18.6 Å². The summed E-state index contributed by atoms with van der Waals surface area (Å²) in [5.41, 5.74) is 5.44. The number of hydrogen-bond donors (Lipinski definition) is 0. The van der Waals surface area contributed by atoms with Gasteiger partial charge in [0.05, 0.1) is 33.1 Å². The topological polar surface area (TPSA) is 74.0 Å². The molecule has 1 aliphatic heterocycles. The Kier molecular flexibility index (Phi) is 7.44. The Morgan fingerprint density at radius 2 is 1.77 bits per heavy atom. The van der Waals surface area contributed by atoms with Crippen molar-refractivity contribution in [2.24, 2.45) is 0 Å². The van der Waals surface area contributed by atoms with E-state index in [0.717, 1.165) is 22.5 Å². The van der Waals surface area contributed by atoms with Crippen LogP contribution in [-0.4, -0.2) is 50.2 Å². The fourth-order valence-corrected chi connectivity index (χ4v) is 4.27. The third-order valence-corrected chi connectivity index (χ3v) is 6.50. The minimum atomic E-state index is 0.0832. The number of nitrogens with zero attached hydrogens (tertiary/aromatic N) is 2.